The number of amides is 1. The van der Waals surface area contributed by atoms with Gasteiger partial charge in [-0.05, 0) is 50.1 Å². The second kappa shape index (κ2) is 8.15. The van der Waals surface area contributed by atoms with Gasteiger partial charge < -0.3 is 14.8 Å². The van der Waals surface area contributed by atoms with Gasteiger partial charge in [0, 0.05) is 11.3 Å². The quantitative estimate of drug-likeness (QED) is 0.790. The number of anilines is 1. The Balaban J connectivity index is 2.05. The third-order valence-electron chi connectivity index (χ3n) is 3.51. The first kappa shape index (κ1) is 17.5. The highest BCUT2D eigenvalue weighted by molar-refractivity contribution is 5.93. The minimum Gasteiger partial charge on any atom is -0.490 e. The summed E-state index contributed by atoms with van der Waals surface area (Å²) in [5.41, 5.74) is 3.28. The van der Waals surface area contributed by atoms with Gasteiger partial charge in [0.15, 0.2) is 18.1 Å². The Kier molecular flexibility index (Phi) is 5.95. The molecule has 1 N–H and O–H groups in total. The van der Waals surface area contributed by atoms with Gasteiger partial charge in [0.05, 0.1) is 6.61 Å². The Morgan fingerprint density at radius 3 is 2.42 bits per heavy atom. The van der Waals surface area contributed by atoms with Crippen LogP contribution in [0, 0.1) is 13.8 Å². The van der Waals surface area contributed by atoms with Crippen molar-refractivity contribution in [2.75, 3.05) is 18.5 Å². The van der Waals surface area contributed by atoms with E-state index in [1.165, 1.54) is 0 Å². The van der Waals surface area contributed by atoms with Gasteiger partial charge in [-0.3, -0.25) is 9.59 Å². The molecule has 0 bridgehead atoms. The van der Waals surface area contributed by atoms with Crippen molar-refractivity contribution in [2.45, 2.75) is 20.8 Å². The number of ether oxygens (including phenoxy) is 2. The van der Waals surface area contributed by atoms with E-state index in [1.54, 1.807) is 18.2 Å². The molecule has 0 aliphatic rings. The summed E-state index contributed by atoms with van der Waals surface area (Å²) >= 11 is 0. The number of aryl methyl sites for hydroxylation is 2. The van der Waals surface area contributed by atoms with Crippen LogP contribution in [0.2, 0.25) is 0 Å². The molecule has 0 fully saturated rings. The van der Waals surface area contributed by atoms with Gasteiger partial charge in [-0.2, -0.15) is 0 Å². The van der Waals surface area contributed by atoms with Gasteiger partial charge in [-0.15, -0.1) is 0 Å². The highest BCUT2D eigenvalue weighted by Crippen LogP contribution is 2.28. The monoisotopic (exact) mass is 327 g/mol. The minimum absolute atomic E-state index is 0.145. The zero-order valence-electron chi connectivity index (χ0n) is 14.1. The average molecular weight is 327 g/mol. The molecule has 24 heavy (non-hydrogen) atoms. The van der Waals surface area contributed by atoms with Crippen LogP contribution in [0.1, 0.15) is 28.4 Å². The maximum absolute atomic E-state index is 12.1. The fourth-order valence-corrected chi connectivity index (χ4v) is 2.32. The lowest BCUT2D eigenvalue weighted by Gasteiger charge is -2.14. The molecule has 0 saturated heterocycles. The largest absolute Gasteiger partial charge is 0.490 e. The van der Waals surface area contributed by atoms with E-state index in [-0.39, 0.29) is 12.5 Å². The van der Waals surface area contributed by atoms with E-state index >= 15 is 0 Å². The number of hydrogen-bond donors (Lipinski definition) is 1. The summed E-state index contributed by atoms with van der Waals surface area (Å²) in [4.78, 5) is 23.0. The summed E-state index contributed by atoms with van der Waals surface area (Å²) in [6.45, 7) is 6.01. The SMILES string of the molecule is CCOc1cc(C=O)ccc1OCC(=O)Nc1c(C)cccc1C. The highest BCUT2D eigenvalue weighted by atomic mass is 16.5. The van der Waals surface area contributed by atoms with E-state index in [9.17, 15) is 9.59 Å². The normalized spacial score (nSPS) is 10.1. The molecule has 5 nitrogen and oxygen atoms in total. The number of benzene rings is 2. The molecule has 0 heterocycles. The van der Waals surface area contributed by atoms with Gasteiger partial charge in [-0.25, -0.2) is 0 Å². The smallest absolute Gasteiger partial charge is 0.262 e. The number of hydrogen-bond acceptors (Lipinski definition) is 4. The average Bonchev–Trinajstić information content (AvgIpc) is 2.57. The van der Waals surface area contributed by atoms with Crippen LogP contribution >= 0.6 is 0 Å². The van der Waals surface area contributed by atoms with Crippen LogP contribution in [0.25, 0.3) is 0 Å². The lowest BCUT2D eigenvalue weighted by molar-refractivity contribution is -0.118. The lowest BCUT2D eigenvalue weighted by atomic mass is 10.1. The standard InChI is InChI=1S/C19H21NO4/c1-4-23-17-10-15(11-21)8-9-16(17)24-12-18(22)20-19-13(2)6-5-7-14(19)3/h5-11H,4,12H2,1-3H3,(H,20,22). The fraction of sp³-hybridized carbons (Fsp3) is 0.263. The molecule has 1 amide bonds. The van der Waals surface area contributed by atoms with E-state index < -0.39 is 0 Å². The van der Waals surface area contributed by atoms with Crippen LogP contribution in [-0.4, -0.2) is 25.4 Å². The molecule has 0 aromatic heterocycles. The van der Waals surface area contributed by atoms with Crippen LogP contribution in [0.4, 0.5) is 5.69 Å². The molecule has 0 aliphatic carbocycles. The van der Waals surface area contributed by atoms with Crippen LogP contribution in [0.5, 0.6) is 11.5 Å². The Hall–Kier alpha value is -2.82. The first-order valence-corrected chi connectivity index (χ1v) is 7.76. The van der Waals surface area contributed by atoms with Crippen molar-refractivity contribution in [1.82, 2.24) is 0 Å². The van der Waals surface area contributed by atoms with Gasteiger partial charge >= 0.3 is 0 Å². The fourth-order valence-electron chi connectivity index (χ4n) is 2.32. The number of rotatable bonds is 7. The molecule has 0 aliphatic heterocycles. The first-order chi connectivity index (χ1) is 11.5. The van der Waals surface area contributed by atoms with Crippen molar-refractivity contribution in [2.24, 2.45) is 0 Å². The van der Waals surface area contributed by atoms with Gasteiger partial charge in [0.25, 0.3) is 5.91 Å². The number of aldehydes is 1. The minimum atomic E-state index is -0.255. The van der Waals surface area contributed by atoms with Gasteiger partial charge in [0.1, 0.15) is 6.29 Å². The second-order valence-corrected chi connectivity index (χ2v) is 5.36. The molecule has 2 rings (SSSR count). The summed E-state index contributed by atoms with van der Waals surface area (Å²) in [5.74, 6) is 0.621. The maximum Gasteiger partial charge on any atom is 0.262 e. The molecule has 2 aromatic rings. The van der Waals surface area contributed by atoms with Crippen LogP contribution in [-0.2, 0) is 4.79 Å². The summed E-state index contributed by atoms with van der Waals surface area (Å²) < 4.78 is 11.0. The van der Waals surface area contributed by atoms with E-state index in [2.05, 4.69) is 5.32 Å². The van der Waals surface area contributed by atoms with Crippen molar-refractivity contribution in [1.29, 1.82) is 0 Å². The third-order valence-corrected chi connectivity index (χ3v) is 3.51. The second-order valence-electron chi connectivity index (χ2n) is 5.36. The molecular weight excluding hydrogens is 306 g/mol. The van der Waals surface area contributed by atoms with E-state index in [4.69, 9.17) is 9.47 Å². The molecular formula is C19H21NO4. The number of carbonyl (C=O) groups excluding carboxylic acids is 2. The topological polar surface area (TPSA) is 64.6 Å². The predicted molar refractivity (Wildman–Crippen MR) is 93.0 cm³/mol. The molecule has 0 radical (unpaired) electrons. The molecule has 0 atom stereocenters. The molecule has 0 unspecified atom stereocenters. The number of para-hydroxylation sites is 1. The Bertz CT molecular complexity index is 720. The lowest BCUT2D eigenvalue weighted by Crippen LogP contribution is -2.21. The maximum atomic E-state index is 12.1. The summed E-state index contributed by atoms with van der Waals surface area (Å²) in [5, 5.41) is 2.86. The Morgan fingerprint density at radius 1 is 1.08 bits per heavy atom. The molecule has 5 heteroatoms. The number of carbonyl (C=O) groups is 2. The molecule has 126 valence electrons. The summed E-state index contributed by atoms with van der Waals surface area (Å²) in [7, 11) is 0. The predicted octanol–water partition coefficient (Wildman–Crippen LogP) is 3.53. The van der Waals surface area contributed by atoms with Gasteiger partial charge in [-0.1, -0.05) is 18.2 Å². The number of nitrogens with one attached hydrogen (secondary N) is 1. The van der Waals surface area contributed by atoms with Crippen molar-refractivity contribution < 1.29 is 19.1 Å². The van der Waals surface area contributed by atoms with Crippen molar-refractivity contribution in [3.8, 4) is 11.5 Å². The zero-order chi connectivity index (χ0) is 17.5. The van der Waals surface area contributed by atoms with Crippen LogP contribution in [0.3, 0.4) is 0 Å². The zero-order valence-corrected chi connectivity index (χ0v) is 14.1. The van der Waals surface area contributed by atoms with Crippen LogP contribution < -0.4 is 14.8 Å². The molecule has 0 spiro atoms. The van der Waals surface area contributed by atoms with Crippen LogP contribution in [0.15, 0.2) is 36.4 Å². The Morgan fingerprint density at radius 2 is 1.79 bits per heavy atom. The molecule has 0 saturated carbocycles. The van der Waals surface area contributed by atoms with Crippen molar-refractivity contribution in [3.63, 3.8) is 0 Å². The van der Waals surface area contributed by atoms with Gasteiger partial charge in [0.2, 0.25) is 0 Å². The van der Waals surface area contributed by atoms with Crippen molar-refractivity contribution >= 4 is 17.9 Å². The third kappa shape index (κ3) is 4.35. The summed E-state index contributed by atoms with van der Waals surface area (Å²) in [6.07, 6.45) is 0.736. The highest BCUT2D eigenvalue weighted by Gasteiger charge is 2.11. The van der Waals surface area contributed by atoms with E-state index in [1.807, 2.05) is 39.0 Å². The van der Waals surface area contributed by atoms with E-state index in [0.29, 0.717) is 23.7 Å². The summed E-state index contributed by atoms with van der Waals surface area (Å²) in [6, 6.07) is 10.7. The van der Waals surface area contributed by atoms with Crippen molar-refractivity contribution in [3.05, 3.63) is 53.1 Å². The van der Waals surface area contributed by atoms with E-state index in [0.717, 1.165) is 23.1 Å². The first-order valence-electron chi connectivity index (χ1n) is 7.76. The Labute approximate surface area is 141 Å². The molecule has 2 aromatic carbocycles.